The number of hydrogen-bond donors (Lipinski definition) is 1. The molecule has 0 saturated heterocycles. The highest BCUT2D eigenvalue weighted by Gasteiger charge is 2.61. The molecule has 0 amide bonds. The van der Waals surface area contributed by atoms with Crippen LogP contribution in [-0.4, -0.2) is 10.7 Å². The molecule has 0 heterocycles. The first-order valence-corrected chi connectivity index (χ1v) is 12.5. The lowest BCUT2D eigenvalue weighted by molar-refractivity contribution is -0.152. The monoisotopic (exact) mass is 374 g/mol. The van der Waals surface area contributed by atoms with E-state index in [1.807, 2.05) is 0 Å². The van der Waals surface area contributed by atoms with Crippen LogP contribution in [-0.2, 0) is 0 Å². The zero-order valence-corrected chi connectivity index (χ0v) is 18.9. The average Bonchev–Trinajstić information content (AvgIpc) is 3.00. The molecule has 0 aromatic heterocycles. The van der Waals surface area contributed by atoms with Crippen LogP contribution in [0.1, 0.15) is 112 Å². The van der Waals surface area contributed by atoms with Crippen LogP contribution in [0.15, 0.2) is 0 Å². The highest BCUT2D eigenvalue weighted by atomic mass is 16.3. The van der Waals surface area contributed by atoms with Crippen molar-refractivity contribution >= 4 is 0 Å². The summed E-state index contributed by atoms with van der Waals surface area (Å²) in [7, 11) is 0. The van der Waals surface area contributed by atoms with E-state index in [0.717, 1.165) is 54.8 Å². The Morgan fingerprint density at radius 2 is 1.63 bits per heavy atom. The maximum atomic E-state index is 11.0. The first-order valence-electron chi connectivity index (χ1n) is 12.5. The van der Waals surface area contributed by atoms with Gasteiger partial charge in [0.15, 0.2) is 0 Å². The van der Waals surface area contributed by atoms with E-state index in [-0.39, 0.29) is 5.60 Å². The third-order valence-electron chi connectivity index (χ3n) is 11.0. The van der Waals surface area contributed by atoms with Crippen LogP contribution in [0.25, 0.3) is 0 Å². The molecule has 1 N–H and O–H groups in total. The van der Waals surface area contributed by atoms with Crippen molar-refractivity contribution in [1.82, 2.24) is 0 Å². The topological polar surface area (TPSA) is 20.2 Å². The molecule has 0 aliphatic heterocycles. The van der Waals surface area contributed by atoms with Gasteiger partial charge in [-0.25, -0.2) is 0 Å². The predicted molar refractivity (Wildman–Crippen MR) is 115 cm³/mol. The molecule has 4 aliphatic carbocycles. The molecular formula is C26H46O. The summed E-state index contributed by atoms with van der Waals surface area (Å²) in [6.45, 7) is 12.4. The smallest absolute Gasteiger partial charge is 0.0648 e. The minimum atomic E-state index is -0.353. The van der Waals surface area contributed by atoms with Crippen molar-refractivity contribution in [2.75, 3.05) is 0 Å². The number of aliphatic hydroxyl groups is 1. The third-order valence-corrected chi connectivity index (χ3v) is 11.0. The standard InChI is InChI=1S/C26H46O/c1-6-8-18(3)21-11-12-22-20-10-9-19-17-26(27,7-2)16-15-24(19,4)23(20)13-14-25(21,22)5/h18-23,27H,6-17H2,1-5H3/t18-,19+,20+,21-,22+,23+,24+,25-,26+/m1/s1. The zero-order chi connectivity index (χ0) is 19.4. The molecule has 0 aromatic rings. The maximum absolute atomic E-state index is 11.0. The van der Waals surface area contributed by atoms with Gasteiger partial charge in [-0.15, -0.1) is 0 Å². The van der Waals surface area contributed by atoms with Crippen molar-refractivity contribution in [3.05, 3.63) is 0 Å². The lowest BCUT2D eigenvalue weighted by atomic mass is 9.43. The van der Waals surface area contributed by atoms with Gasteiger partial charge in [-0.05, 0) is 111 Å². The Labute approximate surface area is 169 Å². The van der Waals surface area contributed by atoms with E-state index < -0.39 is 0 Å². The van der Waals surface area contributed by atoms with Crippen molar-refractivity contribution in [3.63, 3.8) is 0 Å². The summed E-state index contributed by atoms with van der Waals surface area (Å²) in [5.41, 5.74) is 0.783. The Kier molecular flexibility index (Phi) is 5.27. The highest BCUT2D eigenvalue weighted by Crippen LogP contribution is 2.69. The maximum Gasteiger partial charge on any atom is 0.0648 e. The second-order valence-corrected chi connectivity index (χ2v) is 11.9. The average molecular weight is 375 g/mol. The molecule has 4 rings (SSSR count). The Balaban J connectivity index is 1.54. The summed E-state index contributed by atoms with van der Waals surface area (Å²) in [6, 6.07) is 0. The second kappa shape index (κ2) is 7.03. The van der Waals surface area contributed by atoms with Gasteiger partial charge in [0, 0.05) is 0 Å². The summed E-state index contributed by atoms with van der Waals surface area (Å²) in [5.74, 6) is 5.59. The van der Waals surface area contributed by atoms with Gasteiger partial charge in [0.05, 0.1) is 5.60 Å². The molecule has 0 spiro atoms. The van der Waals surface area contributed by atoms with E-state index in [9.17, 15) is 5.11 Å². The van der Waals surface area contributed by atoms with Gasteiger partial charge in [0.25, 0.3) is 0 Å². The van der Waals surface area contributed by atoms with Crippen molar-refractivity contribution in [3.8, 4) is 0 Å². The lowest BCUT2D eigenvalue weighted by Gasteiger charge is -2.62. The molecule has 0 aromatic carbocycles. The second-order valence-electron chi connectivity index (χ2n) is 11.9. The SMILES string of the molecule is CCC[C@@H](C)[C@H]1CC[C@H]2[C@@H]3CC[C@H]4C[C@](O)(CC)CC[C@]4(C)[C@H]3CC[C@]12C. The fourth-order valence-electron chi connectivity index (χ4n) is 9.28. The van der Waals surface area contributed by atoms with E-state index in [4.69, 9.17) is 0 Å². The van der Waals surface area contributed by atoms with Crippen molar-refractivity contribution in [2.24, 2.45) is 46.3 Å². The number of hydrogen-bond acceptors (Lipinski definition) is 1. The van der Waals surface area contributed by atoms with Gasteiger partial charge >= 0.3 is 0 Å². The predicted octanol–water partition coefficient (Wildman–Crippen LogP) is 7.22. The minimum absolute atomic E-state index is 0.353. The summed E-state index contributed by atoms with van der Waals surface area (Å²) in [5, 5.41) is 11.0. The van der Waals surface area contributed by atoms with E-state index in [1.54, 1.807) is 0 Å². The Morgan fingerprint density at radius 1 is 0.889 bits per heavy atom. The van der Waals surface area contributed by atoms with Gasteiger partial charge in [0.1, 0.15) is 0 Å². The molecule has 0 radical (unpaired) electrons. The van der Waals surface area contributed by atoms with Crippen molar-refractivity contribution in [2.45, 2.75) is 117 Å². The summed E-state index contributed by atoms with van der Waals surface area (Å²) >= 11 is 0. The van der Waals surface area contributed by atoms with E-state index in [1.165, 1.54) is 57.8 Å². The highest BCUT2D eigenvalue weighted by molar-refractivity contribution is 5.10. The first-order chi connectivity index (χ1) is 12.8. The van der Waals surface area contributed by atoms with Gasteiger partial charge in [-0.2, -0.15) is 0 Å². The van der Waals surface area contributed by atoms with Crippen LogP contribution in [0.4, 0.5) is 0 Å². The summed E-state index contributed by atoms with van der Waals surface area (Å²) in [4.78, 5) is 0. The fourth-order valence-corrected chi connectivity index (χ4v) is 9.28. The van der Waals surface area contributed by atoms with Crippen LogP contribution >= 0.6 is 0 Å². The molecule has 4 saturated carbocycles. The fraction of sp³-hybridized carbons (Fsp3) is 1.00. The molecule has 0 bridgehead atoms. The zero-order valence-electron chi connectivity index (χ0n) is 18.9. The molecule has 27 heavy (non-hydrogen) atoms. The Morgan fingerprint density at radius 3 is 2.33 bits per heavy atom. The van der Waals surface area contributed by atoms with Gasteiger partial charge < -0.3 is 5.11 Å². The molecule has 156 valence electrons. The van der Waals surface area contributed by atoms with E-state index in [0.29, 0.717) is 10.8 Å². The van der Waals surface area contributed by atoms with E-state index in [2.05, 4.69) is 34.6 Å². The molecule has 4 aliphatic rings. The normalized spacial score (nSPS) is 53.3. The Hall–Kier alpha value is -0.0400. The molecule has 1 nitrogen and oxygen atoms in total. The molecule has 1 heteroatoms. The lowest BCUT2D eigenvalue weighted by Crippen LogP contribution is -2.56. The summed E-state index contributed by atoms with van der Waals surface area (Å²) in [6.07, 6.45) is 16.0. The third kappa shape index (κ3) is 3.04. The van der Waals surface area contributed by atoms with Crippen LogP contribution in [0.5, 0.6) is 0 Å². The molecular weight excluding hydrogens is 328 g/mol. The van der Waals surface area contributed by atoms with Gasteiger partial charge in [-0.1, -0.05) is 47.5 Å². The molecule has 0 unspecified atom stereocenters. The Bertz CT molecular complexity index is 542. The molecule has 4 fully saturated rings. The van der Waals surface area contributed by atoms with Gasteiger partial charge in [0.2, 0.25) is 0 Å². The van der Waals surface area contributed by atoms with Crippen LogP contribution in [0.2, 0.25) is 0 Å². The molecule has 9 atom stereocenters. The number of rotatable bonds is 4. The summed E-state index contributed by atoms with van der Waals surface area (Å²) < 4.78 is 0. The van der Waals surface area contributed by atoms with E-state index >= 15 is 0 Å². The van der Waals surface area contributed by atoms with Crippen LogP contribution in [0, 0.1) is 46.3 Å². The largest absolute Gasteiger partial charge is 0.390 e. The first kappa shape index (κ1) is 20.2. The minimum Gasteiger partial charge on any atom is -0.390 e. The van der Waals surface area contributed by atoms with Crippen molar-refractivity contribution in [1.29, 1.82) is 0 Å². The number of fused-ring (bicyclic) bond motifs is 5. The van der Waals surface area contributed by atoms with Crippen molar-refractivity contribution < 1.29 is 5.11 Å². The van der Waals surface area contributed by atoms with Gasteiger partial charge in [-0.3, -0.25) is 0 Å². The van der Waals surface area contributed by atoms with Crippen LogP contribution in [0.3, 0.4) is 0 Å². The quantitative estimate of drug-likeness (QED) is 0.550. The van der Waals surface area contributed by atoms with Crippen LogP contribution < -0.4 is 0 Å².